The quantitative estimate of drug-likeness (QED) is 0.759. The van der Waals surface area contributed by atoms with E-state index in [0.29, 0.717) is 13.0 Å². The number of hydrogen-bond donors (Lipinski definition) is 2. The first-order chi connectivity index (χ1) is 9.20. The monoisotopic (exact) mass is 264 g/mol. The lowest BCUT2D eigenvalue weighted by Gasteiger charge is -2.15. The fourth-order valence-corrected chi connectivity index (χ4v) is 2.88. The van der Waals surface area contributed by atoms with Gasteiger partial charge in [0, 0.05) is 24.9 Å². The van der Waals surface area contributed by atoms with E-state index in [1.54, 1.807) is 6.20 Å². The number of likely N-dealkylation sites (tertiary alicyclic amines) is 1. The summed E-state index contributed by atoms with van der Waals surface area (Å²) in [5.74, 6) is 0.183. The van der Waals surface area contributed by atoms with Gasteiger partial charge in [0.25, 0.3) is 0 Å². The van der Waals surface area contributed by atoms with Crippen LogP contribution in [0.15, 0.2) is 6.20 Å². The molecule has 6 heteroatoms. The highest BCUT2D eigenvalue weighted by Gasteiger charge is 2.55. The molecule has 0 radical (unpaired) electrons. The first-order valence-corrected chi connectivity index (χ1v) is 7.00. The maximum Gasteiger partial charge on any atom is 0.222 e. The van der Waals surface area contributed by atoms with E-state index in [1.165, 1.54) is 0 Å². The van der Waals surface area contributed by atoms with E-state index >= 15 is 0 Å². The third kappa shape index (κ3) is 2.63. The Morgan fingerprint density at radius 2 is 2.37 bits per heavy atom. The zero-order chi connectivity index (χ0) is 13.3. The first kappa shape index (κ1) is 12.6. The Balaban J connectivity index is 1.37. The number of aliphatic hydroxyl groups is 1. The van der Waals surface area contributed by atoms with Gasteiger partial charge in [0.1, 0.15) is 0 Å². The zero-order valence-electron chi connectivity index (χ0n) is 11.0. The molecular weight excluding hydrogens is 244 g/mol. The molecule has 1 aromatic heterocycles. The largest absolute Gasteiger partial charge is 0.391 e. The molecule has 6 nitrogen and oxygen atoms in total. The third-order valence-electron chi connectivity index (χ3n) is 4.39. The van der Waals surface area contributed by atoms with Crippen LogP contribution in [-0.4, -0.2) is 50.5 Å². The van der Waals surface area contributed by atoms with Gasteiger partial charge in [-0.1, -0.05) is 0 Å². The van der Waals surface area contributed by atoms with Crippen molar-refractivity contribution in [3.63, 3.8) is 0 Å². The van der Waals surface area contributed by atoms with Gasteiger partial charge in [-0.3, -0.25) is 4.79 Å². The van der Waals surface area contributed by atoms with Gasteiger partial charge in [-0.15, -0.1) is 0 Å². The lowest BCUT2D eigenvalue weighted by Crippen LogP contribution is -2.29. The zero-order valence-corrected chi connectivity index (χ0v) is 11.0. The second-order valence-electron chi connectivity index (χ2n) is 5.82. The molecule has 1 amide bonds. The fraction of sp³-hybridized carbons (Fsp3) is 0.769. The normalized spacial score (nSPS) is 24.1. The van der Waals surface area contributed by atoms with Crippen molar-refractivity contribution >= 4 is 5.91 Å². The van der Waals surface area contributed by atoms with E-state index in [1.807, 2.05) is 4.90 Å². The summed E-state index contributed by atoms with van der Waals surface area (Å²) in [4.78, 5) is 13.9. The number of aryl methyl sites for hydroxylation is 1. The van der Waals surface area contributed by atoms with Crippen LogP contribution in [0.4, 0.5) is 0 Å². The Labute approximate surface area is 112 Å². The van der Waals surface area contributed by atoms with Crippen LogP contribution in [0.2, 0.25) is 0 Å². The van der Waals surface area contributed by atoms with Crippen LogP contribution in [-0.2, 0) is 11.2 Å². The van der Waals surface area contributed by atoms with Crippen LogP contribution >= 0.6 is 0 Å². The van der Waals surface area contributed by atoms with Crippen molar-refractivity contribution < 1.29 is 9.90 Å². The van der Waals surface area contributed by atoms with Gasteiger partial charge in [0.2, 0.25) is 5.91 Å². The Morgan fingerprint density at radius 1 is 1.53 bits per heavy atom. The lowest BCUT2D eigenvalue weighted by molar-refractivity contribution is -0.130. The topological polar surface area (TPSA) is 82.1 Å². The van der Waals surface area contributed by atoms with Gasteiger partial charge in [0.15, 0.2) is 0 Å². The number of hydrogen-bond acceptors (Lipinski definition) is 4. The van der Waals surface area contributed by atoms with E-state index in [-0.39, 0.29) is 17.4 Å². The molecule has 1 atom stereocenters. The number of amides is 1. The number of aliphatic hydroxyl groups excluding tert-OH is 1. The summed E-state index contributed by atoms with van der Waals surface area (Å²) in [7, 11) is 0. The predicted molar refractivity (Wildman–Crippen MR) is 68.2 cm³/mol. The molecule has 1 unspecified atom stereocenters. The number of aromatic nitrogens is 3. The van der Waals surface area contributed by atoms with Gasteiger partial charge in [-0.25, -0.2) is 0 Å². The number of nitrogens with zero attached hydrogens (tertiary/aromatic N) is 3. The van der Waals surface area contributed by atoms with Gasteiger partial charge in [-0.2, -0.15) is 15.4 Å². The van der Waals surface area contributed by atoms with Crippen LogP contribution in [0.5, 0.6) is 0 Å². The molecule has 1 aromatic rings. The van der Waals surface area contributed by atoms with Gasteiger partial charge in [0.05, 0.1) is 18.0 Å². The molecule has 2 N–H and O–H groups in total. The Bertz CT molecular complexity index is 442. The minimum absolute atomic E-state index is 0.0658. The number of β-amino-alcohol motifs (C(OH)–C–C–N with tert-alkyl or cyclic N) is 1. The number of unbranched alkanes of at least 4 members (excludes halogenated alkanes) is 1. The number of H-pyrrole nitrogens is 1. The minimum Gasteiger partial charge on any atom is -0.391 e. The first-order valence-electron chi connectivity index (χ1n) is 7.00. The van der Waals surface area contributed by atoms with Crippen molar-refractivity contribution in [2.45, 2.75) is 44.6 Å². The maximum absolute atomic E-state index is 12.0. The highest BCUT2D eigenvalue weighted by atomic mass is 16.3. The molecule has 3 rings (SSSR count). The van der Waals surface area contributed by atoms with Crippen LogP contribution in [0.3, 0.4) is 0 Å². The molecular formula is C13H20N4O2. The summed E-state index contributed by atoms with van der Waals surface area (Å²) in [6, 6.07) is 0. The number of rotatable bonds is 5. The van der Waals surface area contributed by atoms with E-state index in [0.717, 1.165) is 44.3 Å². The Hall–Kier alpha value is -1.43. The molecule has 2 aliphatic rings. The van der Waals surface area contributed by atoms with E-state index in [4.69, 9.17) is 0 Å². The van der Waals surface area contributed by atoms with Crippen LogP contribution in [0.1, 0.15) is 37.8 Å². The highest BCUT2D eigenvalue weighted by molar-refractivity contribution is 5.76. The fourth-order valence-electron chi connectivity index (χ4n) is 2.88. The van der Waals surface area contributed by atoms with E-state index < -0.39 is 0 Å². The Kier molecular flexibility index (Phi) is 3.26. The SMILES string of the molecule is O=C(CCCCc1cn[nH]n1)N1CC(O)C2(CC2)C1. The molecule has 0 bridgehead atoms. The number of aromatic amines is 1. The van der Waals surface area contributed by atoms with Crippen molar-refractivity contribution in [3.05, 3.63) is 11.9 Å². The maximum atomic E-state index is 12.0. The molecule has 0 aromatic carbocycles. The molecule has 1 spiro atoms. The summed E-state index contributed by atoms with van der Waals surface area (Å²) >= 11 is 0. The van der Waals surface area contributed by atoms with Crippen molar-refractivity contribution in [3.8, 4) is 0 Å². The summed E-state index contributed by atoms with van der Waals surface area (Å²) in [6.45, 7) is 1.29. The molecule has 1 aliphatic carbocycles. The van der Waals surface area contributed by atoms with Crippen LogP contribution in [0.25, 0.3) is 0 Å². The molecule has 1 saturated carbocycles. The Morgan fingerprint density at radius 3 is 3.00 bits per heavy atom. The van der Waals surface area contributed by atoms with E-state index in [2.05, 4.69) is 15.4 Å². The molecule has 2 fully saturated rings. The van der Waals surface area contributed by atoms with Gasteiger partial charge < -0.3 is 10.0 Å². The summed E-state index contributed by atoms with van der Waals surface area (Å²) < 4.78 is 0. The summed E-state index contributed by atoms with van der Waals surface area (Å²) in [5, 5.41) is 20.2. The standard InChI is InChI=1S/C13H20N4O2/c18-11-8-17(9-13(11)5-6-13)12(19)4-2-1-3-10-7-14-16-15-10/h7,11,18H,1-6,8-9H2,(H,14,15,16). The van der Waals surface area contributed by atoms with Gasteiger partial charge in [-0.05, 0) is 32.1 Å². The molecule has 104 valence electrons. The number of carbonyl (C=O) groups is 1. The van der Waals surface area contributed by atoms with Crippen LogP contribution < -0.4 is 0 Å². The van der Waals surface area contributed by atoms with Crippen molar-refractivity contribution in [1.82, 2.24) is 20.3 Å². The van der Waals surface area contributed by atoms with E-state index in [9.17, 15) is 9.90 Å². The minimum atomic E-state index is -0.299. The highest BCUT2D eigenvalue weighted by Crippen LogP contribution is 2.52. The van der Waals surface area contributed by atoms with Gasteiger partial charge >= 0.3 is 0 Å². The lowest BCUT2D eigenvalue weighted by atomic mass is 10.0. The number of nitrogens with one attached hydrogen (secondary N) is 1. The second kappa shape index (κ2) is 4.92. The average Bonchev–Trinajstić information content (AvgIpc) is 2.85. The van der Waals surface area contributed by atoms with Crippen molar-refractivity contribution in [2.24, 2.45) is 5.41 Å². The number of carbonyl (C=O) groups excluding carboxylic acids is 1. The van der Waals surface area contributed by atoms with Crippen LogP contribution in [0, 0.1) is 5.41 Å². The molecule has 19 heavy (non-hydrogen) atoms. The summed E-state index contributed by atoms with van der Waals surface area (Å²) in [6.07, 6.45) is 6.80. The van der Waals surface area contributed by atoms with Crippen molar-refractivity contribution in [1.29, 1.82) is 0 Å². The predicted octanol–water partition coefficient (Wildman–Crippen LogP) is 0.501. The van der Waals surface area contributed by atoms with Crippen molar-refractivity contribution in [2.75, 3.05) is 13.1 Å². The average molecular weight is 264 g/mol. The molecule has 1 aliphatic heterocycles. The molecule has 2 heterocycles. The smallest absolute Gasteiger partial charge is 0.222 e. The third-order valence-corrected chi connectivity index (χ3v) is 4.39. The second-order valence-corrected chi connectivity index (χ2v) is 5.82. The summed E-state index contributed by atoms with van der Waals surface area (Å²) in [5.41, 5.74) is 1.01. The molecule has 1 saturated heterocycles.